The monoisotopic (exact) mass is 341 g/mol. The average molecular weight is 343 g/mol. The zero-order valence-corrected chi connectivity index (χ0v) is 11.8. The summed E-state index contributed by atoms with van der Waals surface area (Å²) in [6, 6.07) is 3.25. The van der Waals surface area contributed by atoms with Crippen LogP contribution in [-0.2, 0) is 6.18 Å². The summed E-state index contributed by atoms with van der Waals surface area (Å²) in [7, 11) is 0. The molecule has 8 heteroatoms. The Kier molecular flexibility index (Phi) is 4.04. The van der Waals surface area contributed by atoms with E-state index in [1.807, 2.05) is 0 Å². The first-order chi connectivity index (χ1) is 9.23. The Morgan fingerprint density at radius 2 is 1.65 bits per heavy atom. The topological polar surface area (TPSA) is 32.9 Å². The van der Waals surface area contributed by atoms with Crippen molar-refractivity contribution >= 4 is 34.8 Å². The fourth-order valence-electron chi connectivity index (χ4n) is 1.70. The first-order valence-electron chi connectivity index (χ1n) is 5.16. The molecule has 0 atom stereocenters. The van der Waals surface area contributed by atoms with Crippen LogP contribution in [0.1, 0.15) is 5.56 Å². The third-order valence-electron chi connectivity index (χ3n) is 2.57. The molecule has 1 heterocycles. The Balaban J connectivity index is 2.84. The SMILES string of the molecule is O=c1[nH]ccc(C(F)(F)F)c1-c1ccc(Cl)c(Cl)c1Cl. The van der Waals surface area contributed by atoms with Crippen molar-refractivity contribution in [1.29, 1.82) is 0 Å². The Bertz CT molecular complexity index is 725. The van der Waals surface area contributed by atoms with Crippen molar-refractivity contribution in [2.45, 2.75) is 6.18 Å². The predicted octanol–water partition coefficient (Wildman–Crippen LogP) is 5.02. The highest BCUT2D eigenvalue weighted by Gasteiger charge is 2.35. The Labute approximate surface area is 126 Å². The van der Waals surface area contributed by atoms with Gasteiger partial charge in [-0.3, -0.25) is 4.79 Å². The molecule has 2 nitrogen and oxygen atoms in total. The first kappa shape index (κ1) is 15.2. The summed E-state index contributed by atoms with van der Waals surface area (Å²) in [5.41, 5.74) is -2.74. The molecule has 106 valence electrons. The van der Waals surface area contributed by atoms with Crippen LogP contribution in [0.5, 0.6) is 0 Å². The lowest BCUT2D eigenvalue weighted by molar-refractivity contribution is -0.137. The zero-order valence-electron chi connectivity index (χ0n) is 9.49. The van der Waals surface area contributed by atoms with Crippen molar-refractivity contribution in [3.63, 3.8) is 0 Å². The quantitative estimate of drug-likeness (QED) is 0.725. The summed E-state index contributed by atoms with van der Waals surface area (Å²) in [5.74, 6) is 0. The van der Waals surface area contributed by atoms with Crippen LogP contribution in [-0.4, -0.2) is 4.98 Å². The number of hydrogen-bond acceptors (Lipinski definition) is 1. The molecule has 1 N–H and O–H groups in total. The van der Waals surface area contributed by atoms with Crippen molar-refractivity contribution < 1.29 is 13.2 Å². The predicted molar refractivity (Wildman–Crippen MR) is 72.5 cm³/mol. The standard InChI is InChI=1S/C12H5Cl3F3NO/c13-7-2-1-5(9(14)10(7)15)8-6(12(16,17)18)3-4-19-11(8)20/h1-4H,(H,19,20). The molecule has 0 fully saturated rings. The molecule has 0 unspecified atom stereocenters. The van der Waals surface area contributed by atoms with Crippen LogP contribution in [0.3, 0.4) is 0 Å². The molecule has 1 aromatic carbocycles. The summed E-state index contributed by atoms with van der Waals surface area (Å²) in [6.07, 6.45) is -3.78. The maximum atomic E-state index is 13.0. The van der Waals surface area contributed by atoms with Crippen molar-refractivity contribution in [2.75, 3.05) is 0 Å². The maximum Gasteiger partial charge on any atom is 0.417 e. The fourth-order valence-corrected chi connectivity index (χ4v) is 2.33. The molecule has 0 radical (unpaired) electrons. The van der Waals surface area contributed by atoms with E-state index < -0.39 is 22.9 Å². The van der Waals surface area contributed by atoms with Crippen LogP contribution >= 0.6 is 34.8 Å². The molecule has 0 bridgehead atoms. The maximum absolute atomic E-state index is 13.0. The minimum absolute atomic E-state index is 0.0846. The van der Waals surface area contributed by atoms with Crippen LogP contribution in [0.2, 0.25) is 15.1 Å². The van der Waals surface area contributed by atoms with Crippen LogP contribution in [0.25, 0.3) is 11.1 Å². The van der Waals surface area contributed by atoms with Crippen LogP contribution < -0.4 is 5.56 Å². The van der Waals surface area contributed by atoms with Gasteiger partial charge in [-0.15, -0.1) is 0 Å². The van der Waals surface area contributed by atoms with Crippen LogP contribution in [0.4, 0.5) is 13.2 Å². The van der Waals surface area contributed by atoms with Crippen molar-refractivity contribution in [2.24, 2.45) is 0 Å². The van der Waals surface area contributed by atoms with Crippen molar-refractivity contribution in [3.8, 4) is 11.1 Å². The summed E-state index contributed by atoms with van der Waals surface area (Å²) in [5, 5.41) is -0.232. The lowest BCUT2D eigenvalue weighted by Gasteiger charge is -2.13. The van der Waals surface area contributed by atoms with Gasteiger partial charge in [-0.2, -0.15) is 13.2 Å². The van der Waals surface area contributed by atoms with E-state index in [0.29, 0.717) is 0 Å². The number of halogens is 6. The molecule has 0 saturated heterocycles. The second-order valence-corrected chi connectivity index (χ2v) is 4.98. The van der Waals surface area contributed by atoms with Gasteiger partial charge in [0.2, 0.25) is 0 Å². The van der Waals surface area contributed by atoms with Gasteiger partial charge in [-0.05, 0) is 12.1 Å². The summed E-state index contributed by atoms with van der Waals surface area (Å²) in [4.78, 5) is 13.9. The van der Waals surface area contributed by atoms with Crippen molar-refractivity contribution in [3.05, 3.63) is 55.4 Å². The van der Waals surface area contributed by atoms with E-state index in [0.717, 1.165) is 12.3 Å². The number of alkyl halides is 3. The van der Waals surface area contributed by atoms with E-state index in [9.17, 15) is 18.0 Å². The van der Waals surface area contributed by atoms with Crippen molar-refractivity contribution in [1.82, 2.24) is 4.98 Å². The van der Waals surface area contributed by atoms with Crippen LogP contribution in [0.15, 0.2) is 29.2 Å². The van der Waals surface area contributed by atoms with E-state index >= 15 is 0 Å². The van der Waals surface area contributed by atoms with Gasteiger partial charge < -0.3 is 4.98 Å². The number of H-pyrrole nitrogens is 1. The van der Waals surface area contributed by atoms with Gasteiger partial charge in [-0.25, -0.2) is 0 Å². The fraction of sp³-hybridized carbons (Fsp3) is 0.0833. The smallest absolute Gasteiger partial charge is 0.329 e. The minimum Gasteiger partial charge on any atom is -0.329 e. The molecular formula is C12H5Cl3F3NO. The second kappa shape index (κ2) is 5.31. The Hall–Kier alpha value is -1.17. The molecular weight excluding hydrogens is 337 g/mol. The molecule has 1 aromatic heterocycles. The Morgan fingerprint density at radius 1 is 1.00 bits per heavy atom. The number of aromatic amines is 1. The molecule has 20 heavy (non-hydrogen) atoms. The van der Waals surface area contributed by atoms with E-state index in [1.165, 1.54) is 12.1 Å². The highest BCUT2D eigenvalue weighted by molar-refractivity contribution is 6.49. The lowest BCUT2D eigenvalue weighted by atomic mass is 10.0. The highest BCUT2D eigenvalue weighted by atomic mass is 35.5. The number of aromatic nitrogens is 1. The molecule has 0 aliphatic carbocycles. The van der Waals surface area contributed by atoms with Gasteiger partial charge >= 0.3 is 6.18 Å². The third-order valence-corrected chi connectivity index (χ3v) is 3.86. The number of benzene rings is 1. The van der Waals surface area contributed by atoms with E-state index in [2.05, 4.69) is 4.98 Å². The number of pyridine rings is 1. The van der Waals surface area contributed by atoms with Gasteiger partial charge in [0.15, 0.2) is 0 Å². The van der Waals surface area contributed by atoms with E-state index in [-0.39, 0.29) is 20.6 Å². The second-order valence-electron chi connectivity index (χ2n) is 3.82. The molecule has 2 aromatic rings. The minimum atomic E-state index is -4.70. The highest BCUT2D eigenvalue weighted by Crippen LogP contribution is 2.41. The van der Waals surface area contributed by atoms with E-state index in [1.54, 1.807) is 0 Å². The zero-order chi connectivity index (χ0) is 15.1. The molecule has 0 aliphatic heterocycles. The number of hydrogen-bond donors (Lipinski definition) is 1. The first-order valence-corrected chi connectivity index (χ1v) is 6.29. The third kappa shape index (κ3) is 2.66. The number of nitrogens with one attached hydrogen (secondary N) is 1. The molecule has 0 amide bonds. The normalized spacial score (nSPS) is 11.7. The summed E-state index contributed by atoms with van der Waals surface area (Å²) in [6.45, 7) is 0. The largest absolute Gasteiger partial charge is 0.417 e. The van der Waals surface area contributed by atoms with Gasteiger partial charge in [-0.1, -0.05) is 40.9 Å². The van der Waals surface area contributed by atoms with Crippen LogP contribution in [0, 0.1) is 0 Å². The van der Waals surface area contributed by atoms with E-state index in [4.69, 9.17) is 34.8 Å². The molecule has 0 spiro atoms. The molecule has 0 aliphatic rings. The molecule has 0 saturated carbocycles. The lowest BCUT2D eigenvalue weighted by Crippen LogP contribution is -2.17. The summed E-state index contributed by atoms with van der Waals surface area (Å²) >= 11 is 17.4. The Morgan fingerprint density at radius 3 is 2.25 bits per heavy atom. The molecule has 2 rings (SSSR count). The van der Waals surface area contributed by atoms with Gasteiger partial charge in [0.25, 0.3) is 5.56 Å². The average Bonchev–Trinajstić information content (AvgIpc) is 2.36. The van der Waals surface area contributed by atoms with Gasteiger partial charge in [0.1, 0.15) is 0 Å². The number of rotatable bonds is 1. The van der Waals surface area contributed by atoms with Gasteiger partial charge in [0.05, 0.1) is 26.2 Å². The van der Waals surface area contributed by atoms with Gasteiger partial charge in [0, 0.05) is 11.8 Å². The summed E-state index contributed by atoms with van der Waals surface area (Å²) < 4.78 is 38.9.